The van der Waals surface area contributed by atoms with E-state index in [1.165, 1.54) is 0 Å². The molecule has 7 heteroatoms. The number of rotatable bonds is 10. The number of nitrogens with zero attached hydrogens (tertiary/aromatic N) is 1. The second kappa shape index (κ2) is 13.2. The molecular formula is C20H34IN3O3. The Bertz CT molecular complexity index is 563. The highest BCUT2D eigenvalue weighted by atomic mass is 127. The van der Waals surface area contributed by atoms with Crippen LogP contribution in [0.15, 0.2) is 29.3 Å². The Balaban J connectivity index is 0.00000364. The van der Waals surface area contributed by atoms with Crippen molar-refractivity contribution < 1.29 is 14.2 Å². The molecule has 1 atom stereocenters. The lowest BCUT2D eigenvalue weighted by Crippen LogP contribution is -2.45. The van der Waals surface area contributed by atoms with E-state index in [2.05, 4.69) is 35.5 Å². The molecule has 154 valence electrons. The van der Waals surface area contributed by atoms with Crippen molar-refractivity contribution in [3.8, 4) is 5.75 Å². The number of nitrogens with one attached hydrogen (secondary N) is 2. The Morgan fingerprint density at radius 3 is 2.85 bits per heavy atom. The molecule has 1 aliphatic heterocycles. The zero-order chi connectivity index (χ0) is 18.7. The molecule has 1 aromatic carbocycles. The zero-order valence-corrected chi connectivity index (χ0v) is 19.1. The molecule has 2 N–H and O–H groups in total. The van der Waals surface area contributed by atoms with Gasteiger partial charge >= 0.3 is 0 Å². The van der Waals surface area contributed by atoms with Crippen molar-refractivity contribution in [1.82, 2.24) is 10.6 Å². The molecule has 0 spiro atoms. The van der Waals surface area contributed by atoms with E-state index in [0.29, 0.717) is 19.8 Å². The number of hydrogen-bond donors (Lipinski definition) is 2. The first kappa shape index (κ1) is 24.0. The molecule has 27 heavy (non-hydrogen) atoms. The van der Waals surface area contributed by atoms with Gasteiger partial charge in [0.05, 0.1) is 18.8 Å². The summed E-state index contributed by atoms with van der Waals surface area (Å²) < 4.78 is 16.6. The fourth-order valence-electron chi connectivity index (χ4n) is 2.89. The van der Waals surface area contributed by atoms with Crippen molar-refractivity contribution in [3.05, 3.63) is 29.8 Å². The fraction of sp³-hybridized carbons (Fsp3) is 0.650. The first-order chi connectivity index (χ1) is 12.6. The molecule has 0 aliphatic carbocycles. The summed E-state index contributed by atoms with van der Waals surface area (Å²) in [5.41, 5.74) is 1.03. The van der Waals surface area contributed by atoms with Crippen LogP contribution in [0.2, 0.25) is 0 Å². The molecular weight excluding hydrogens is 457 g/mol. The molecule has 6 nitrogen and oxygen atoms in total. The predicted molar refractivity (Wildman–Crippen MR) is 120 cm³/mol. The van der Waals surface area contributed by atoms with Gasteiger partial charge in [-0.25, -0.2) is 4.99 Å². The van der Waals surface area contributed by atoms with Crippen molar-refractivity contribution in [2.45, 2.75) is 45.3 Å². The Labute approximate surface area is 180 Å². The summed E-state index contributed by atoms with van der Waals surface area (Å²) >= 11 is 0. The molecule has 2 rings (SSSR count). The first-order valence-corrected chi connectivity index (χ1v) is 9.52. The quantitative estimate of drug-likeness (QED) is 0.228. The number of halogens is 1. The highest BCUT2D eigenvalue weighted by Gasteiger charge is 2.29. The number of hydrogen-bond acceptors (Lipinski definition) is 4. The van der Waals surface area contributed by atoms with E-state index in [4.69, 9.17) is 14.2 Å². The van der Waals surface area contributed by atoms with Gasteiger partial charge in [-0.1, -0.05) is 12.1 Å². The summed E-state index contributed by atoms with van der Waals surface area (Å²) in [6, 6.07) is 8.09. The maximum atomic E-state index is 5.83. The maximum absolute atomic E-state index is 5.83. The van der Waals surface area contributed by atoms with Gasteiger partial charge < -0.3 is 24.8 Å². The van der Waals surface area contributed by atoms with E-state index in [1.54, 1.807) is 7.11 Å². The van der Waals surface area contributed by atoms with Crippen LogP contribution in [0, 0.1) is 0 Å². The van der Waals surface area contributed by atoms with Crippen molar-refractivity contribution in [2.24, 2.45) is 4.99 Å². The molecule has 0 bridgehead atoms. The van der Waals surface area contributed by atoms with E-state index in [9.17, 15) is 0 Å². The van der Waals surface area contributed by atoms with Gasteiger partial charge in [0.15, 0.2) is 5.96 Å². The first-order valence-electron chi connectivity index (χ1n) is 9.52. The minimum absolute atomic E-state index is 0. The predicted octanol–water partition coefficient (Wildman–Crippen LogP) is 3.34. The molecule has 1 unspecified atom stereocenters. The van der Waals surface area contributed by atoms with Crippen molar-refractivity contribution >= 4 is 29.9 Å². The number of aliphatic imine (C=N–C) groups is 1. The highest BCUT2D eigenvalue weighted by Crippen LogP contribution is 2.23. The molecule has 1 aromatic rings. The van der Waals surface area contributed by atoms with Crippen molar-refractivity contribution in [3.63, 3.8) is 0 Å². The van der Waals surface area contributed by atoms with Gasteiger partial charge in [-0.15, -0.1) is 24.0 Å². The van der Waals surface area contributed by atoms with Gasteiger partial charge in [0.25, 0.3) is 0 Å². The van der Waals surface area contributed by atoms with Crippen molar-refractivity contribution in [1.29, 1.82) is 0 Å². The summed E-state index contributed by atoms with van der Waals surface area (Å²) in [5, 5.41) is 6.70. The summed E-state index contributed by atoms with van der Waals surface area (Å²) in [6.45, 7) is 8.63. The maximum Gasteiger partial charge on any atom is 0.191 e. The smallest absolute Gasteiger partial charge is 0.191 e. The van der Waals surface area contributed by atoms with Gasteiger partial charge in [-0.2, -0.15) is 0 Å². The van der Waals surface area contributed by atoms with Crippen LogP contribution in [0.1, 0.15) is 38.7 Å². The third-order valence-electron chi connectivity index (χ3n) is 4.35. The molecule has 0 radical (unpaired) electrons. The topological polar surface area (TPSA) is 64.1 Å². The van der Waals surface area contributed by atoms with Gasteiger partial charge in [0.2, 0.25) is 0 Å². The van der Waals surface area contributed by atoms with Crippen LogP contribution in [0.25, 0.3) is 0 Å². The largest absolute Gasteiger partial charge is 0.493 e. The molecule has 1 heterocycles. The number of methoxy groups -OCH3 is 1. The molecule has 0 aromatic heterocycles. The third kappa shape index (κ3) is 9.12. The van der Waals surface area contributed by atoms with Crippen LogP contribution in [0.4, 0.5) is 0 Å². The van der Waals surface area contributed by atoms with Crippen LogP contribution in [-0.2, 0) is 16.0 Å². The Kier molecular flexibility index (Phi) is 11.7. The Morgan fingerprint density at radius 2 is 2.15 bits per heavy atom. The van der Waals surface area contributed by atoms with Crippen LogP contribution < -0.4 is 15.4 Å². The van der Waals surface area contributed by atoms with Gasteiger partial charge in [0, 0.05) is 39.8 Å². The van der Waals surface area contributed by atoms with Crippen LogP contribution in [0.3, 0.4) is 0 Å². The second-order valence-electron chi connectivity index (χ2n) is 6.79. The van der Waals surface area contributed by atoms with Crippen molar-refractivity contribution in [2.75, 3.05) is 40.0 Å². The van der Waals surface area contributed by atoms with Gasteiger partial charge in [0.1, 0.15) is 5.75 Å². The fourth-order valence-corrected chi connectivity index (χ4v) is 2.89. The van der Waals surface area contributed by atoms with Crippen LogP contribution >= 0.6 is 24.0 Å². The van der Waals surface area contributed by atoms with E-state index < -0.39 is 0 Å². The summed E-state index contributed by atoms with van der Waals surface area (Å²) in [4.78, 5) is 4.69. The molecule has 1 fully saturated rings. The normalized spacial score (nSPS) is 19.4. The van der Waals surface area contributed by atoms with E-state index in [0.717, 1.165) is 56.2 Å². The summed E-state index contributed by atoms with van der Waals surface area (Å²) in [5.74, 6) is 1.69. The molecule has 0 amide bonds. The summed E-state index contributed by atoms with van der Waals surface area (Å²) in [6.07, 6.45) is 3.10. The monoisotopic (exact) mass is 491 g/mol. The lowest BCUT2D eigenvalue weighted by atomic mass is 10.0. The summed E-state index contributed by atoms with van der Waals surface area (Å²) in [7, 11) is 1.70. The molecule has 1 aliphatic rings. The van der Waals surface area contributed by atoms with Crippen LogP contribution in [-0.4, -0.2) is 51.6 Å². The third-order valence-corrected chi connectivity index (χ3v) is 4.35. The van der Waals surface area contributed by atoms with Gasteiger partial charge in [-0.3, -0.25) is 0 Å². The SMILES string of the molecule is CCNC(=NCc1cccc(OCCCOC)c1)NCC1(C)CCCO1.I. The van der Waals surface area contributed by atoms with E-state index in [1.807, 2.05) is 18.2 Å². The molecule has 1 saturated heterocycles. The average Bonchev–Trinajstić information content (AvgIpc) is 3.08. The Morgan fingerprint density at radius 1 is 1.30 bits per heavy atom. The number of guanidine groups is 1. The van der Waals surface area contributed by atoms with Crippen LogP contribution in [0.5, 0.6) is 5.75 Å². The van der Waals surface area contributed by atoms with E-state index >= 15 is 0 Å². The Hall–Kier alpha value is -1.06. The highest BCUT2D eigenvalue weighted by molar-refractivity contribution is 14.0. The lowest BCUT2D eigenvalue weighted by Gasteiger charge is -2.24. The van der Waals surface area contributed by atoms with Gasteiger partial charge in [-0.05, 0) is 44.4 Å². The minimum atomic E-state index is -0.0911. The average molecular weight is 491 g/mol. The minimum Gasteiger partial charge on any atom is -0.493 e. The second-order valence-corrected chi connectivity index (χ2v) is 6.79. The number of benzene rings is 1. The van der Waals surface area contributed by atoms with E-state index in [-0.39, 0.29) is 29.6 Å². The number of ether oxygens (including phenoxy) is 3. The lowest BCUT2D eigenvalue weighted by molar-refractivity contribution is 0.0243. The zero-order valence-electron chi connectivity index (χ0n) is 16.8. The standard InChI is InChI=1S/C20H33N3O3.HI/c1-4-21-19(23-16-20(2)10-6-13-26-20)22-15-17-8-5-9-18(14-17)25-12-7-11-24-3;/h5,8-9,14H,4,6-7,10-13,15-16H2,1-3H3,(H2,21,22,23);1H. The molecule has 0 saturated carbocycles.